The maximum Gasteiger partial charge on any atom is 0.426 e. The molecule has 2 aromatic carbocycles. The maximum absolute atomic E-state index is 13.7. The van der Waals surface area contributed by atoms with Crippen molar-refractivity contribution < 1.29 is 55.9 Å². The summed E-state index contributed by atoms with van der Waals surface area (Å²) in [6.07, 6.45) is -1.80. The monoisotopic (exact) mass is 714 g/mol. The van der Waals surface area contributed by atoms with Gasteiger partial charge in [0.2, 0.25) is 0 Å². The van der Waals surface area contributed by atoms with Gasteiger partial charge in [0.05, 0.1) is 18.0 Å². The summed E-state index contributed by atoms with van der Waals surface area (Å²) < 4.78 is 71.8. The molecule has 2 heterocycles. The minimum atomic E-state index is -4.60. The first-order chi connectivity index (χ1) is 22.2. The zero-order valence-corrected chi connectivity index (χ0v) is 28.0. The van der Waals surface area contributed by atoms with Crippen LogP contribution in [0.2, 0.25) is 0 Å². The third kappa shape index (κ3) is 9.03. The van der Waals surface area contributed by atoms with Crippen molar-refractivity contribution in [3.63, 3.8) is 0 Å². The number of methoxy groups -OCH3 is 1. The first-order valence-electron chi connectivity index (χ1n) is 14.1. The number of benzene rings is 2. The van der Waals surface area contributed by atoms with E-state index in [4.69, 9.17) is 24.6 Å². The van der Waals surface area contributed by atoms with Gasteiger partial charge in [-0.05, 0) is 56.2 Å². The summed E-state index contributed by atoms with van der Waals surface area (Å²) in [7, 11) is -7.33. The molecule has 256 valence electrons. The Morgan fingerprint density at radius 1 is 1.06 bits per heavy atom. The van der Waals surface area contributed by atoms with E-state index >= 15 is 0 Å². The molecule has 0 aliphatic carbocycles. The summed E-state index contributed by atoms with van der Waals surface area (Å²) in [5.41, 5.74) is 1.48. The number of nitrogens with zero attached hydrogens (tertiary/aromatic N) is 3. The zero-order valence-electron chi connectivity index (χ0n) is 25.6. The highest BCUT2D eigenvalue weighted by molar-refractivity contribution is 7.94. The molecule has 47 heavy (non-hydrogen) atoms. The van der Waals surface area contributed by atoms with Crippen molar-refractivity contribution in [3.05, 3.63) is 71.3 Å². The van der Waals surface area contributed by atoms with Crippen LogP contribution in [-0.2, 0) is 36.2 Å². The first-order valence-corrected chi connectivity index (χ1v) is 17.8. The predicted octanol–water partition coefficient (Wildman–Crippen LogP) is 3.65. The van der Waals surface area contributed by atoms with Crippen LogP contribution in [0.25, 0.3) is 0 Å². The predicted molar refractivity (Wildman–Crippen MR) is 165 cm³/mol. The molecule has 16 nitrogen and oxygen atoms in total. The van der Waals surface area contributed by atoms with Crippen LogP contribution in [0.5, 0.6) is 11.5 Å². The number of rotatable bonds is 13. The Balaban J connectivity index is 1.62. The molecule has 3 N–H and O–H groups in total. The average Bonchev–Trinajstić information content (AvgIpc) is 3.48. The van der Waals surface area contributed by atoms with Crippen molar-refractivity contribution in [1.29, 1.82) is 0 Å². The molecule has 0 radical (unpaired) electrons. The lowest BCUT2D eigenvalue weighted by atomic mass is 10.1. The number of thiophene rings is 1. The molecule has 0 spiro atoms. The molecule has 0 saturated carbocycles. The Bertz CT molecular complexity index is 1760. The standard InChI is InChI=1S/C28H34N4O12S3/c1-4-31(28(34)44-22-12-8-20(9-13-22)18-42-32(35)36)24-17-30(14-5-15-41-3)47(39,40)26-23(24)16-25(45-26)46(37,38)29-27(33)43-21-10-6-19(2)7-11-21/h6-13,16,24,35-36H,4-5,14-15,17-18H2,1-3H3,(H,29,33)/t24-/m0/s1. The zero-order chi connectivity index (χ0) is 34.4. The number of ether oxygens (including phenoxy) is 3. The largest absolute Gasteiger partial charge is 0.426 e. The van der Waals surface area contributed by atoms with E-state index < -0.39 is 47.9 Å². The molecule has 0 unspecified atom stereocenters. The van der Waals surface area contributed by atoms with E-state index in [1.54, 1.807) is 19.1 Å². The minimum Gasteiger partial charge on any atom is -0.410 e. The molecule has 1 atom stereocenters. The molecule has 0 fully saturated rings. The van der Waals surface area contributed by atoms with E-state index in [1.165, 1.54) is 48.4 Å². The van der Waals surface area contributed by atoms with Crippen molar-refractivity contribution >= 4 is 43.6 Å². The van der Waals surface area contributed by atoms with Gasteiger partial charge >= 0.3 is 12.2 Å². The fourth-order valence-electron chi connectivity index (χ4n) is 4.62. The quantitative estimate of drug-likeness (QED) is 0.171. The number of hydrogen-bond donors (Lipinski definition) is 3. The van der Waals surface area contributed by atoms with Crippen molar-refractivity contribution in [1.82, 2.24) is 19.3 Å². The van der Waals surface area contributed by atoms with Crippen molar-refractivity contribution in [2.45, 2.75) is 41.3 Å². The highest BCUT2D eigenvalue weighted by atomic mass is 32.3. The minimum absolute atomic E-state index is 0.0302. The van der Waals surface area contributed by atoms with E-state index in [9.17, 15) is 26.4 Å². The van der Waals surface area contributed by atoms with Gasteiger partial charge in [-0.3, -0.25) is 15.3 Å². The number of fused-ring (bicyclic) bond motifs is 1. The molecule has 1 aromatic heterocycles. The van der Waals surface area contributed by atoms with Crippen LogP contribution in [0.3, 0.4) is 0 Å². The van der Waals surface area contributed by atoms with Crippen LogP contribution in [-0.4, -0.2) is 87.4 Å². The number of carbonyl (C=O) groups excluding carboxylic acids is 2. The van der Waals surface area contributed by atoms with Crippen molar-refractivity contribution in [2.75, 3.05) is 33.4 Å². The van der Waals surface area contributed by atoms with Crippen LogP contribution in [0, 0.1) is 6.92 Å². The fraction of sp³-hybridized carbons (Fsp3) is 0.357. The Morgan fingerprint density at radius 3 is 2.32 bits per heavy atom. The average molecular weight is 715 g/mol. The summed E-state index contributed by atoms with van der Waals surface area (Å²) >= 11 is 0.449. The number of likely N-dealkylation sites (N-methyl/N-ethyl adjacent to an activating group) is 1. The summed E-state index contributed by atoms with van der Waals surface area (Å²) in [6.45, 7) is 3.45. The maximum atomic E-state index is 13.7. The normalized spacial score (nSPS) is 16.0. The highest BCUT2D eigenvalue weighted by Gasteiger charge is 2.43. The van der Waals surface area contributed by atoms with Crippen LogP contribution in [0.15, 0.2) is 63.0 Å². The number of aryl methyl sites for hydroxylation is 1. The lowest BCUT2D eigenvalue weighted by molar-refractivity contribution is -0.497. The topological polar surface area (TPSA) is 202 Å². The summed E-state index contributed by atoms with van der Waals surface area (Å²) in [5, 5.41) is 17.0. The summed E-state index contributed by atoms with van der Waals surface area (Å²) in [5.74, 6) is 0.234. The number of amides is 2. The Hall–Kier alpha value is -3.66. The molecular formula is C28H34N4O12S3. The summed E-state index contributed by atoms with van der Waals surface area (Å²) in [6, 6.07) is 12.5. The Labute approximate surface area is 275 Å². The first kappa shape index (κ1) is 36.2. The van der Waals surface area contributed by atoms with E-state index in [0.717, 1.165) is 15.9 Å². The fourth-order valence-corrected chi connectivity index (χ4v) is 9.36. The summed E-state index contributed by atoms with van der Waals surface area (Å²) in [4.78, 5) is 31.8. The number of hydrogen-bond acceptors (Lipinski definition) is 14. The molecule has 19 heteroatoms. The second-order valence-electron chi connectivity index (χ2n) is 10.2. The van der Waals surface area contributed by atoms with Crippen LogP contribution in [0.1, 0.15) is 36.1 Å². The number of nitrogens with one attached hydrogen (secondary N) is 1. The van der Waals surface area contributed by atoms with Crippen LogP contribution >= 0.6 is 11.3 Å². The molecular weight excluding hydrogens is 681 g/mol. The lowest BCUT2D eigenvalue weighted by Gasteiger charge is -2.37. The van der Waals surface area contributed by atoms with Gasteiger partial charge in [0.25, 0.3) is 20.0 Å². The Morgan fingerprint density at radius 2 is 1.70 bits per heavy atom. The van der Waals surface area contributed by atoms with Crippen molar-refractivity contribution in [2.24, 2.45) is 0 Å². The Kier molecular flexibility index (Phi) is 11.9. The third-order valence-electron chi connectivity index (χ3n) is 6.91. The van der Waals surface area contributed by atoms with Gasteiger partial charge in [0, 0.05) is 38.9 Å². The lowest BCUT2D eigenvalue weighted by Crippen LogP contribution is -2.47. The number of sulfonamides is 2. The van der Waals surface area contributed by atoms with Gasteiger partial charge in [-0.1, -0.05) is 29.8 Å². The van der Waals surface area contributed by atoms with Gasteiger partial charge in [0.1, 0.15) is 19.9 Å². The second-order valence-corrected chi connectivity index (χ2v) is 15.3. The second kappa shape index (κ2) is 15.5. The van der Waals surface area contributed by atoms with Gasteiger partial charge in [-0.2, -0.15) is 4.31 Å². The highest BCUT2D eigenvalue weighted by Crippen LogP contribution is 2.42. The van der Waals surface area contributed by atoms with Gasteiger partial charge in [-0.15, -0.1) is 11.3 Å². The molecule has 4 rings (SSSR count). The van der Waals surface area contributed by atoms with E-state index in [0.29, 0.717) is 23.3 Å². The smallest absolute Gasteiger partial charge is 0.410 e. The molecule has 3 aromatic rings. The van der Waals surface area contributed by atoms with E-state index in [2.05, 4.69) is 4.84 Å². The van der Waals surface area contributed by atoms with E-state index in [-0.39, 0.29) is 54.1 Å². The van der Waals surface area contributed by atoms with Gasteiger partial charge < -0.3 is 14.2 Å². The van der Waals surface area contributed by atoms with Crippen LogP contribution < -0.4 is 14.2 Å². The number of carbonyl (C=O) groups is 2. The van der Waals surface area contributed by atoms with Gasteiger partial charge in [-0.25, -0.2) is 36.0 Å². The van der Waals surface area contributed by atoms with Crippen LogP contribution in [0.4, 0.5) is 9.59 Å². The molecule has 0 bridgehead atoms. The van der Waals surface area contributed by atoms with Gasteiger partial charge in [0.15, 0.2) is 0 Å². The van der Waals surface area contributed by atoms with E-state index in [1.807, 2.05) is 11.6 Å². The molecule has 0 saturated heterocycles. The molecule has 1 aliphatic heterocycles. The molecule has 2 amide bonds. The SMILES string of the molecule is CCN(C(=O)Oc1ccc(CON(O)O)cc1)[C@H]1CN(CCCOC)S(=O)(=O)c2sc(S(=O)(=O)NC(=O)Oc3ccc(C)cc3)cc21. The third-order valence-corrected chi connectivity index (χ3v) is 12.2. The van der Waals surface area contributed by atoms with Crippen molar-refractivity contribution in [3.8, 4) is 11.5 Å². The molecule has 1 aliphatic rings.